The van der Waals surface area contributed by atoms with Crippen molar-refractivity contribution in [1.29, 1.82) is 0 Å². The summed E-state index contributed by atoms with van der Waals surface area (Å²) in [6, 6.07) is 19.0. The number of anilines is 1. The second-order valence-corrected chi connectivity index (χ2v) is 7.40. The van der Waals surface area contributed by atoms with E-state index in [1.807, 2.05) is 47.0 Å². The number of nitrogens with zero attached hydrogens (tertiary/aromatic N) is 4. The normalized spacial score (nSPS) is 10.8. The van der Waals surface area contributed by atoms with Crippen molar-refractivity contribution in [3.8, 4) is 22.8 Å². The Hall–Kier alpha value is -3.79. The number of halogens is 2. The van der Waals surface area contributed by atoms with Crippen LogP contribution in [0.15, 0.2) is 84.3 Å². The van der Waals surface area contributed by atoms with Crippen LogP contribution in [0.25, 0.3) is 17.1 Å². The summed E-state index contributed by atoms with van der Waals surface area (Å²) in [5.74, 6) is 0.434. The van der Waals surface area contributed by atoms with Gasteiger partial charge >= 0.3 is 6.61 Å². The van der Waals surface area contributed by atoms with E-state index in [2.05, 4.69) is 25.2 Å². The molecule has 2 aromatic carbocycles. The lowest BCUT2D eigenvalue weighted by atomic mass is 10.2. The molecular weight excluding hydrogens is 436 g/mol. The molecule has 0 atom stereocenters. The van der Waals surface area contributed by atoms with E-state index >= 15 is 0 Å². The van der Waals surface area contributed by atoms with E-state index in [-0.39, 0.29) is 17.4 Å². The molecule has 10 heteroatoms. The SMILES string of the molecule is O=C(CSc1nnc(-c2cccnc2)n1-c1ccccc1)Nc1ccc(OC(F)F)cc1. The van der Waals surface area contributed by atoms with E-state index < -0.39 is 6.61 Å². The Morgan fingerprint density at radius 3 is 2.50 bits per heavy atom. The van der Waals surface area contributed by atoms with E-state index in [1.165, 1.54) is 36.0 Å². The number of pyridine rings is 1. The lowest BCUT2D eigenvalue weighted by Gasteiger charge is -2.10. The quantitative estimate of drug-likeness (QED) is 0.391. The highest BCUT2D eigenvalue weighted by Gasteiger charge is 2.17. The summed E-state index contributed by atoms with van der Waals surface area (Å²) in [7, 11) is 0. The molecule has 0 radical (unpaired) electrons. The van der Waals surface area contributed by atoms with Crippen LogP contribution in [0.3, 0.4) is 0 Å². The molecule has 0 spiro atoms. The van der Waals surface area contributed by atoms with E-state index in [0.717, 1.165) is 11.3 Å². The molecule has 4 aromatic rings. The standard InChI is InChI=1S/C22H17F2N5O2S/c23-21(24)31-18-10-8-16(9-11-18)26-19(30)14-32-22-28-27-20(15-5-4-12-25-13-15)29(22)17-6-2-1-3-7-17/h1-13,21H,14H2,(H,26,30). The van der Waals surface area contributed by atoms with E-state index in [4.69, 9.17) is 0 Å². The minimum Gasteiger partial charge on any atom is -0.435 e. The minimum absolute atomic E-state index is 0.0197. The zero-order chi connectivity index (χ0) is 22.3. The molecule has 0 bridgehead atoms. The molecule has 0 saturated heterocycles. The average Bonchev–Trinajstić information content (AvgIpc) is 3.24. The number of aromatic nitrogens is 4. The van der Waals surface area contributed by atoms with Crippen LogP contribution in [0.5, 0.6) is 5.75 Å². The summed E-state index contributed by atoms with van der Waals surface area (Å²) in [5.41, 5.74) is 2.12. The first-order valence-corrected chi connectivity index (χ1v) is 10.5. The number of hydrogen-bond acceptors (Lipinski definition) is 6. The van der Waals surface area contributed by atoms with Crippen LogP contribution < -0.4 is 10.1 Å². The van der Waals surface area contributed by atoms with Crippen molar-refractivity contribution in [2.75, 3.05) is 11.1 Å². The van der Waals surface area contributed by atoms with Crippen LogP contribution in [0.1, 0.15) is 0 Å². The van der Waals surface area contributed by atoms with Gasteiger partial charge in [-0.2, -0.15) is 8.78 Å². The molecule has 1 N–H and O–H groups in total. The van der Waals surface area contributed by atoms with E-state index in [1.54, 1.807) is 12.4 Å². The average molecular weight is 453 g/mol. The monoisotopic (exact) mass is 453 g/mol. The van der Waals surface area contributed by atoms with Crippen LogP contribution >= 0.6 is 11.8 Å². The third-order valence-corrected chi connectivity index (χ3v) is 5.19. The zero-order valence-electron chi connectivity index (χ0n) is 16.6. The van der Waals surface area contributed by atoms with Crippen LogP contribution in [0, 0.1) is 0 Å². The second kappa shape index (κ2) is 10.0. The number of para-hydroxylation sites is 1. The lowest BCUT2D eigenvalue weighted by Crippen LogP contribution is -2.14. The van der Waals surface area contributed by atoms with Gasteiger partial charge in [-0.3, -0.25) is 14.3 Å². The second-order valence-electron chi connectivity index (χ2n) is 6.46. The highest BCUT2D eigenvalue weighted by Crippen LogP contribution is 2.27. The fraction of sp³-hybridized carbons (Fsp3) is 0.0909. The zero-order valence-corrected chi connectivity index (χ0v) is 17.4. The van der Waals surface area contributed by atoms with Gasteiger partial charge in [0, 0.05) is 29.3 Å². The Labute approximate surface area is 186 Å². The molecule has 32 heavy (non-hydrogen) atoms. The number of amides is 1. The van der Waals surface area contributed by atoms with Crippen molar-refractivity contribution < 1.29 is 18.3 Å². The Morgan fingerprint density at radius 2 is 1.81 bits per heavy atom. The Bertz CT molecular complexity index is 1170. The highest BCUT2D eigenvalue weighted by atomic mass is 32.2. The van der Waals surface area contributed by atoms with Gasteiger partial charge in [0.05, 0.1) is 5.75 Å². The number of carbonyl (C=O) groups is 1. The van der Waals surface area contributed by atoms with Gasteiger partial charge in [-0.05, 0) is 48.5 Å². The first kappa shape index (κ1) is 21.4. The highest BCUT2D eigenvalue weighted by molar-refractivity contribution is 7.99. The molecule has 0 aliphatic carbocycles. The van der Waals surface area contributed by atoms with Crippen molar-refractivity contribution in [2.45, 2.75) is 11.8 Å². The summed E-state index contributed by atoms with van der Waals surface area (Å²) in [4.78, 5) is 16.6. The van der Waals surface area contributed by atoms with Gasteiger partial charge < -0.3 is 10.1 Å². The first-order chi connectivity index (χ1) is 15.6. The number of ether oxygens (including phenoxy) is 1. The van der Waals surface area contributed by atoms with Gasteiger partial charge in [0.1, 0.15) is 5.75 Å². The molecule has 2 heterocycles. The first-order valence-electron chi connectivity index (χ1n) is 9.49. The maximum Gasteiger partial charge on any atom is 0.387 e. The lowest BCUT2D eigenvalue weighted by molar-refractivity contribution is -0.113. The summed E-state index contributed by atoms with van der Waals surface area (Å²) in [6.45, 7) is -2.90. The number of alkyl halides is 2. The summed E-state index contributed by atoms with van der Waals surface area (Å²) in [5, 5.41) is 11.8. The van der Waals surface area contributed by atoms with Crippen LogP contribution in [-0.2, 0) is 4.79 Å². The number of carbonyl (C=O) groups excluding carboxylic acids is 1. The molecule has 1 amide bonds. The molecule has 162 valence electrons. The maximum atomic E-state index is 12.4. The number of hydrogen-bond donors (Lipinski definition) is 1. The van der Waals surface area contributed by atoms with Crippen molar-refractivity contribution in [3.05, 3.63) is 79.1 Å². The van der Waals surface area contributed by atoms with E-state index in [9.17, 15) is 13.6 Å². The number of rotatable bonds is 8. The number of thioether (sulfide) groups is 1. The minimum atomic E-state index is -2.90. The molecule has 4 rings (SSSR count). The molecule has 2 aromatic heterocycles. The summed E-state index contributed by atoms with van der Waals surface area (Å²) < 4.78 is 30.7. The van der Waals surface area contributed by atoms with Crippen molar-refractivity contribution in [2.24, 2.45) is 0 Å². The molecule has 7 nitrogen and oxygen atoms in total. The predicted octanol–water partition coefficient (Wildman–Crippen LogP) is 4.66. The van der Waals surface area contributed by atoms with Gasteiger partial charge in [0.25, 0.3) is 0 Å². The molecular formula is C22H17F2N5O2S. The predicted molar refractivity (Wildman–Crippen MR) is 117 cm³/mol. The smallest absolute Gasteiger partial charge is 0.387 e. The van der Waals surface area contributed by atoms with Crippen molar-refractivity contribution in [1.82, 2.24) is 19.7 Å². The third kappa shape index (κ3) is 5.27. The fourth-order valence-corrected chi connectivity index (χ4v) is 3.65. The topological polar surface area (TPSA) is 81.9 Å². The molecule has 0 unspecified atom stereocenters. The van der Waals surface area contributed by atoms with Gasteiger partial charge in [-0.15, -0.1) is 10.2 Å². The molecule has 0 aliphatic heterocycles. The molecule has 0 saturated carbocycles. The van der Waals surface area contributed by atoms with Gasteiger partial charge in [-0.25, -0.2) is 0 Å². The Morgan fingerprint density at radius 1 is 1.03 bits per heavy atom. The van der Waals surface area contributed by atoms with Gasteiger partial charge in [0.15, 0.2) is 11.0 Å². The van der Waals surface area contributed by atoms with Crippen LogP contribution in [-0.4, -0.2) is 38.0 Å². The molecule has 0 fully saturated rings. The van der Waals surface area contributed by atoms with E-state index in [0.29, 0.717) is 16.7 Å². The number of benzene rings is 2. The largest absolute Gasteiger partial charge is 0.435 e. The summed E-state index contributed by atoms with van der Waals surface area (Å²) in [6.07, 6.45) is 3.38. The Kier molecular flexibility index (Phi) is 6.71. The summed E-state index contributed by atoms with van der Waals surface area (Å²) >= 11 is 1.23. The van der Waals surface area contributed by atoms with Gasteiger partial charge in [-0.1, -0.05) is 30.0 Å². The third-order valence-electron chi connectivity index (χ3n) is 4.26. The van der Waals surface area contributed by atoms with Gasteiger partial charge in [0.2, 0.25) is 5.91 Å². The number of nitrogens with one attached hydrogen (secondary N) is 1. The van der Waals surface area contributed by atoms with Crippen molar-refractivity contribution in [3.63, 3.8) is 0 Å². The molecule has 0 aliphatic rings. The maximum absolute atomic E-state index is 12.4. The fourth-order valence-electron chi connectivity index (χ4n) is 2.90. The van der Waals surface area contributed by atoms with Crippen LogP contribution in [0.2, 0.25) is 0 Å². The van der Waals surface area contributed by atoms with Crippen molar-refractivity contribution >= 4 is 23.4 Å². The van der Waals surface area contributed by atoms with Crippen LogP contribution in [0.4, 0.5) is 14.5 Å². The Balaban J connectivity index is 1.48.